The molecule has 2 N–H and O–H groups in total. The predicted molar refractivity (Wildman–Crippen MR) is 211 cm³/mol. The third-order valence-corrected chi connectivity index (χ3v) is 10.7. The van der Waals surface area contributed by atoms with Gasteiger partial charge in [0.2, 0.25) is 0 Å². The van der Waals surface area contributed by atoms with E-state index >= 15 is 0 Å². The first kappa shape index (κ1) is 39.6. The van der Waals surface area contributed by atoms with Gasteiger partial charge >= 0.3 is 0 Å². The summed E-state index contributed by atoms with van der Waals surface area (Å²) in [6.45, 7) is 14.2. The Labute approximate surface area is 302 Å². The van der Waals surface area contributed by atoms with E-state index in [2.05, 4.69) is 49.6 Å². The Morgan fingerprint density at radius 2 is 0.780 bits per heavy atom. The Hall–Kier alpha value is -3.16. The van der Waals surface area contributed by atoms with Crippen molar-refractivity contribution in [1.29, 1.82) is 0 Å². The minimum Gasteiger partial charge on any atom is -0.496 e. The molecule has 0 aliphatic rings. The molecule has 4 rings (SSSR count). The van der Waals surface area contributed by atoms with Gasteiger partial charge in [-0.2, -0.15) is 0 Å². The van der Waals surface area contributed by atoms with Gasteiger partial charge in [0, 0.05) is 23.9 Å². The molecule has 6 nitrogen and oxygen atoms in total. The molecule has 0 aliphatic carbocycles. The predicted octanol–water partition coefficient (Wildman–Crippen LogP) is 9.67. The number of unbranched alkanes of at least 4 members (excludes halogenated alkanes) is 4. The van der Waals surface area contributed by atoms with Crippen LogP contribution in [0.3, 0.4) is 0 Å². The lowest BCUT2D eigenvalue weighted by Crippen LogP contribution is -2.53. The summed E-state index contributed by atoms with van der Waals surface area (Å²) in [5.41, 5.74) is -1.82. The minimum absolute atomic E-state index is 0.373. The van der Waals surface area contributed by atoms with Crippen molar-refractivity contribution in [3.05, 3.63) is 83.9 Å². The van der Waals surface area contributed by atoms with Crippen molar-refractivity contribution >= 4 is 21.5 Å². The highest BCUT2D eigenvalue weighted by atomic mass is 16.5. The molecule has 6 heteroatoms. The highest BCUT2D eigenvalue weighted by Gasteiger charge is 2.53. The second-order valence-electron chi connectivity index (χ2n) is 14.0. The third-order valence-electron chi connectivity index (χ3n) is 10.7. The van der Waals surface area contributed by atoms with Crippen LogP contribution in [0.2, 0.25) is 0 Å². The van der Waals surface area contributed by atoms with Crippen molar-refractivity contribution in [1.82, 2.24) is 9.80 Å². The van der Waals surface area contributed by atoms with E-state index in [0.29, 0.717) is 25.9 Å². The van der Waals surface area contributed by atoms with Crippen LogP contribution >= 0.6 is 0 Å². The molecule has 50 heavy (non-hydrogen) atoms. The van der Waals surface area contributed by atoms with Gasteiger partial charge in [0.15, 0.2) is 0 Å². The fourth-order valence-corrected chi connectivity index (χ4v) is 7.59. The van der Waals surface area contributed by atoms with Crippen LogP contribution in [0.5, 0.6) is 11.5 Å². The van der Waals surface area contributed by atoms with E-state index in [0.717, 1.165) is 122 Å². The monoisotopic (exact) mass is 684 g/mol. The Balaban J connectivity index is 2.00. The summed E-state index contributed by atoms with van der Waals surface area (Å²) in [6.07, 6.45) is 9.61. The summed E-state index contributed by atoms with van der Waals surface area (Å²) >= 11 is 0. The zero-order valence-electron chi connectivity index (χ0n) is 31.8. The average Bonchev–Trinajstić information content (AvgIpc) is 3.16. The zero-order valence-corrected chi connectivity index (χ0v) is 31.8. The largest absolute Gasteiger partial charge is 0.496 e. The molecule has 0 aromatic heterocycles. The molecular weight excluding hydrogens is 620 g/mol. The van der Waals surface area contributed by atoms with Gasteiger partial charge in [-0.3, -0.25) is 0 Å². The summed E-state index contributed by atoms with van der Waals surface area (Å²) in [6, 6.07) is 24.2. The summed E-state index contributed by atoms with van der Waals surface area (Å²) in [5, 5.41) is 31.2. The number of hydrogen-bond donors (Lipinski definition) is 2. The molecule has 0 fully saturated rings. The number of ether oxygens (including phenoxy) is 2. The van der Waals surface area contributed by atoms with Crippen molar-refractivity contribution in [2.45, 2.75) is 103 Å². The Kier molecular flexibility index (Phi) is 15.4. The quantitative estimate of drug-likeness (QED) is 0.0811. The smallest absolute Gasteiger partial charge is 0.126 e. The second kappa shape index (κ2) is 19.4. The molecule has 0 aliphatic heterocycles. The van der Waals surface area contributed by atoms with Crippen molar-refractivity contribution in [3.8, 4) is 11.5 Å². The first-order valence-corrected chi connectivity index (χ1v) is 19.3. The van der Waals surface area contributed by atoms with E-state index in [1.807, 2.05) is 60.7 Å². The van der Waals surface area contributed by atoms with Crippen LogP contribution in [0.1, 0.15) is 103 Å². The van der Waals surface area contributed by atoms with E-state index in [4.69, 9.17) is 9.47 Å². The lowest BCUT2D eigenvalue weighted by Gasteiger charge is -2.47. The molecule has 0 bridgehead atoms. The molecule has 0 heterocycles. The summed E-state index contributed by atoms with van der Waals surface area (Å²) in [7, 11) is 3.38. The standard InChI is InChI=1S/C44H64N2O4/c1-7-11-29-45(30-12-8-2)33-27-43(47,39-23-25-41(49-5)37-21-17-15-19-35(37)39)44(48,28-34-46(31-13-9-3)32-14-10-4)40-24-26-42(50-6)38-22-18-16-20-36(38)40/h15-26,47-48H,7-14,27-34H2,1-6H3/t43-,44-/m1/s1. The topological polar surface area (TPSA) is 65.4 Å². The van der Waals surface area contributed by atoms with Crippen molar-refractivity contribution in [2.75, 3.05) is 53.5 Å². The van der Waals surface area contributed by atoms with E-state index < -0.39 is 11.2 Å². The number of aliphatic hydroxyl groups is 2. The molecule has 0 spiro atoms. The fourth-order valence-electron chi connectivity index (χ4n) is 7.59. The van der Waals surface area contributed by atoms with Gasteiger partial charge in [-0.05, 0) is 98.7 Å². The Morgan fingerprint density at radius 3 is 1.08 bits per heavy atom. The molecule has 2 atom stereocenters. The van der Waals surface area contributed by atoms with Gasteiger partial charge in [0.1, 0.15) is 22.7 Å². The van der Waals surface area contributed by atoms with Crippen LogP contribution in [0.15, 0.2) is 72.8 Å². The van der Waals surface area contributed by atoms with Crippen LogP contribution in [-0.4, -0.2) is 73.5 Å². The van der Waals surface area contributed by atoms with E-state index in [1.165, 1.54) is 0 Å². The number of hydrogen-bond acceptors (Lipinski definition) is 6. The maximum atomic E-state index is 13.8. The second-order valence-corrected chi connectivity index (χ2v) is 14.0. The van der Waals surface area contributed by atoms with Crippen LogP contribution in [0, 0.1) is 0 Å². The number of benzene rings is 4. The van der Waals surface area contributed by atoms with E-state index in [1.54, 1.807) is 14.2 Å². The van der Waals surface area contributed by atoms with Gasteiger partial charge in [-0.1, -0.05) is 114 Å². The number of fused-ring (bicyclic) bond motifs is 2. The molecule has 0 unspecified atom stereocenters. The van der Waals surface area contributed by atoms with Crippen LogP contribution < -0.4 is 9.47 Å². The summed E-state index contributed by atoms with van der Waals surface area (Å²) in [4.78, 5) is 4.98. The van der Waals surface area contributed by atoms with Gasteiger partial charge in [0.05, 0.1) is 14.2 Å². The maximum absolute atomic E-state index is 13.8. The molecular formula is C44H64N2O4. The molecule has 274 valence electrons. The van der Waals surface area contributed by atoms with Gasteiger partial charge in [0.25, 0.3) is 0 Å². The van der Waals surface area contributed by atoms with Gasteiger partial charge in [-0.15, -0.1) is 0 Å². The average molecular weight is 685 g/mol. The van der Waals surface area contributed by atoms with E-state index in [9.17, 15) is 10.2 Å². The number of nitrogens with zero attached hydrogens (tertiary/aromatic N) is 2. The molecule has 0 saturated heterocycles. The lowest BCUT2D eigenvalue weighted by molar-refractivity contribution is -0.176. The van der Waals surface area contributed by atoms with Crippen LogP contribution in [0.25, 0.3) is 21.5 Å². The molecule has 0 radical (unpaired) electrons. The summed E-state index contributed by atoms with van der Waals surface area (Å²) in [5.74, 6) is 1.51. The van der Waals surface area contributed by atoms with Gasteiger partial charge in [-0.25, -0.2) is 0 Å². The molecule has 0 amide bonds. The highest BCUT2D eigenvalue weighted by Crippen LogP contribution is 2.51. The number of methoxy groups -OCH3 is 2. The van der Waals surface area contributed by atoms with Crippen molar-refractivity contribution in [2.24, 2.45) is 0 Å². The number of rotatable bonds is 23. The lowest BCUT2D eigenvalue weighted by atomic mass is 9.67. The fraction of sp³-hybridized carbons (Fsp3) is 0.545. The van der Waals surface area contributed by atoms with Crippen LogP contribution in [0.4, 0.5) is 0 Å². The maximum Gasteiger partial charge on any atom is 0.126 e. The summed E-state index contributed by atoms with van der Waals surface area (Å²) < 4.78 is 11.6. The SMILES string of the molecule is CCCCN(CCCC)CC[C@@](O)(c1ccc(OC)c2ccccc12)[C@@](O)(CCN(CCCC)CCCC)c1ccc(OC)c2ccccc12. The van der Waals surface area contributed by atoms with Crippen LogP contribution in [-0.2, 0) is 11.2 Å². The van der Waals surface area contributed by atoms with Crippen molar-refractivity contribution in [3.63, 3.8) is 0 Å². The first-order chi connectivity index (χ1) is 24.3. The molecule has 0 saturated carbocycles. The molecule has 4 aromatic rings. The normalized spacial score (nSPS) is 14.4. The molecule has 4 aromatic carbocycles. The third kappa shape index (κ3) is 9.00. The minimum atomic E-state index is -1.64. The van der Waals surface area contributed by atoms with E-state index in [-0.39, 0.29) is 0 Å². The highest BCUT2D eigenvalue weighted by molar-refractivity contribution is 5.94. The van der Waals surface area contributed by atoms with Gasteiger partial charge < -0.3 is 29.5 Å². The zero-order chi connectivity index (χ0) is 36.0. The first-order valence-electron chi connectivity index (χ1n) is 19.3. The Morgan fingerprint density at radius 1 is 0.460 bits per heavy atom. The van der Waals surface area contributed by atoms with Crippen molar-refractivity contribution < 1.29 is 19.7 Å². The Bertz CT molecular complexity index is 1470.